The molecular weight excluding hydrogens is 548 g/mol. The van der Waals surface area contributed by atoms with Gasteiger partial charge in [-0.05, 0) is 55.7 Å². The zero-order valence-corrected chi connectivity index (χ0v) is 22.4. The van der Waals surface area contributed by atoms with Crippen molar-refractivity contribution in [2.24, 2.45) is 0 Å². The summed E-state index contributed by atoms with van der Waals surface area (Å²) >= 11 is 6.18. The topological polar surface area (TPSA) is 148 Å². The first-order chi connectivity index (χ1) is 18.6. The Kier molecular flexibility index (Phi) is 8.36. The van der Waals surface area contributed by atoms with Crippen LogP contribution in [0, 0.1) is 10.1 Å². The van der Waals surface area contributed by atoms with Crippen molar-refractivity contribution < 1.29 is 27.7 Å². The number of benzene rings is 3. The number of rotatable bonds is 8. The standard InChI is InChI=1S/C26H25ClN4O7S/c1-38-26(33)18-13-17(14-20(15-18)31(34)35)25(32)28-19-9-10-23(30-11-5-2-6-12-30)24(16-19)39(36,37)29-22-8-4-3-7-21(22)27/h3-4,7-10,13-16,29H,2,5-6,11-12H2,1H3,(H,28,32). The lowest BCUT2D eigenvalue weighted by atomic mass is 10.1. The van der Waals surface area contributed by atoms with Gasteiger partial charge in [0, 0.05) is 36.5 Å². The molecule has 0 radical (unpaired) electrons. The number of carbonyl (C=O) groups excluding carboxylic acids is 2. The van der Waals surface area contributed by atoms with Crippen LogP contribution in [0.3, 0.4) is 0 Å². The lowest BCUT2D eigenvalue weighted by molar-refractivity contribution is -0.384. The molecule has 0 bridgehead atoms. The Morgan fingerprint density at radius 3 is 2.36 bits per heavy atom. The lowest BCUT2D eigenvalue weighted by Crippen LogP contribution is -2.31. The highest BCUT2D eigenvalue weighted by atomic mass is 35.5. The summed E-state index contributed by atoms with van der Waals surface area (Å²) in [6, 6.07) is 14.1. The average Bonchev–Trinajstić information content (AvgIpc) is 2.94. The van der Waals surface area contributed by atoms with Crippen LogP contribution in [0.4, 0.5) is 22.7 Å². The van der Waals surface area contributed by atoms with E-state index in [2.05, 4.69) is 14.8 Å². The monoisotopic (exact) mass is 572 g/mol. The summed E-state index contributed by atoms with van der Waals surface area (Å²) in [7, 11) is -3.04. The molecule has 1 amide bonds. The molecule has 3 aromatic carbocycles. The number of piperidine rings is 1. The molecule has 4 rings (SSSR count). The smallest absolute Gasteiger partial charge is 0.338 e. The molecule has 1 fully saturated rings. The predicted molar refractivity (Wildman–Crippen MR) is 147 cm³/mol. The summed E-state index contributed by atoms with van der Waals surface area (Å²) in [5.41, 5.74) is -0.0318. The molecule has 0 aliphatic carbocycles. The number of halogens is 1. The molecule has 13 heteroatoms. The maximum Gasteiger partial charge on any atom is 0.338 e. The molecule has 0 unspecified atom stereocenters. The number of methoxy groups -OCH3 is 1. The van der Waals surface area contributed by atoms with Crippen LogP contribution in [0.5, 0.6) is 0 Å². The van der Waals surface area contributed by atoms with Crippen LogP contribution in [0.1, 0.15) is 40.0 Å². The number of non-ortho nitro benzene ring substituents is 1. The molecule has 0 saturated carbocycles. The zero-order valence-electron chi connectivity index (χ0n) is 20.8. The highest BCUT2D eigenvalue weighted by Crippen LogP contribution is 2.33. The van der Waals surface area contributed by atoms with Crippen LogP contribution < -0.4 is 14.9 Å². The number of nitro benzene ring substituents is 1. The number of para-hydroxylation sites is 1. The molecule has 2 N–H and O–H groups in total. The SMILES string of the molecule is COC(=O)c1cc(C(=O)Nc2ccc(N3CCCCC3)c(S(=O)(=O)Nc3ccccc3Cl)c2)cc([N+](=O)[O-])c1. The van der Waals surface area contributed by atoms with Gasteiger partial charge in [-0.1, -0.05) is 23.7 Å². The molecule has 0 aromatic heterocycles. The van der Waals surface area contributed by atoms with Crippen LogP contribution in [0.15, 0.2) is 65.6 Å². The molecule has 204 valence electrons. The van der Waals surface area contributed by atoms with E-state index in [1.165, 1.54) is 12.1 Å². The van der Waals surface area contributed by atoms with Gasteiger partial charge >= 0.3 is 5.97 Å². The normalized spacial score (nSPS) is 13.4. The first-order valence-corrected chi connectivity index (χ1v) is 13.8. The Balaban J connectivity index is 1.72. The minimum atomic E-state index is -4.16. The summed E-state index contributed by atoms with van der Waals surface area (Å²) in [6.07, 6.45) is 2.86. The molecule has 0 atom stereocenters. The largest absolute Gasteiger partial charge is 0.465 e. The maximum atomic E-state index is 13.6. The second-order valence-electron chi connectivity index (χ2n) is 8.79. The minimum absolute atomic E-state index is 0.0728. The van der Waals surface area contributed by atoms with Gasteiger partial charge in [0.15, 0.2) is 0 Å². The van der Waals surface area contributed by atoms with E-state index in [0.717, 1.165) is 44.6 Å². The van der Waals surface area contributed by atoms with Crippen LogP contribution in [0.25, 0.3) is 0 Å². The van der Waals surface area contributed by atoms with Crippen LogP contribution in [0.2, 0.25) is 5.02 Å². The molecule has 1 heterocycles. The summed E-state index contributed by atoms with van der Waals surface area (Å²) in [6.45, 7) is 1.34. The van der Waals surface area contributed by atoms with E-state index in [-0.39, 0.29) is 32.4 Å². The number of amides is 1. The van der Waals surface area contributed by atoms with Crippen molar-refractivity contribution in [2.45, 2.75) is 24.2 Å². The second kappa shape index (κ2) is 11.7. The van der Waals surface area contributed by atoms with E-state index >= 15 is 0 Å². The highest BCUT2D eigenvalue weighted by molar-refractivity contribution is 7.93. The number of sulfonamides is 1. The van der Waals surface area contributed by atoms with E-state index in [9.17, 15) is 28.1 Å². The number of hydrogen-bond acceptors (Lipinski definition) is 8. The molecule has 1 aliphatic rings. The molecule has 1 aliphatic heterocycles. The number of hydrogen-bond donors (Lipinski definition) is 2. The molecule has 39 heavy (non-hydrogen) atoms. The van der Waals surface area contributed by atoms with Crippen molar-refractivity contribution in [1.29, 1.82) is 0 Å². The summed E-state index contributed by atoms with van der Waals surface area (Å²) < 4.78 is 34.3. The van der Waals surface area contributed by atoms with Gasteiger partial charge in [-0.2, -0.15) is 0 Å². The fraction of sp³-hybridized carbons (Fsp3) is 0.231. The van der Waals surface area contributed by atoms with E-state index in [0.29, 0.717) is 18.8 Å². The fourth-order valence-electron chi connectivity index (χ4n) is 4.23. The van der Waals surface area contributed by atoms with Crippen molar-refractivity contribution in [3.63, 3.8) is 0 Å². The zero-order chi connectivity index (χ0) is 28.2. The van der Waals surface area contributed by atoms with Gasteiger partial charge in [0.05, 0.1) is 34.0 Å². The van der Waals surface area contributed by atoms with Crippen molar-refractivity contribution >= 4 is 56.3 Å². The number of nitro groups is 1. The average molecular weight is 573 g/mol. The number of anilines is 3. The van der Waals surface area contributed by atoms with E-state index < -0.39 is 32.5 Å². The van der Waals surface area contributed by atoms with E-state index in [1.807, 2.05) is 4.90 Å². The Morgan fingerprint density at radius 2 is 1.69 bits per heavy atom. The molecular formula is C26H25ClN4O7S. The van der Waals surface area contributed by atoms with E-state index in [1.54, 1.807) is 30.3 Å². The first kappa shape index (κ1) is 27.9. The number of nitrogens with one attached hydrogen (secondary N) is 2. The van der Waals surface area contributed by atoms with Crippen molar-refractivity contribution in [1.82, 2.24) is 0 Å². The molecule has 3 aromatic rings. The number of ether oxygens (including phenoxy) is 1. The third-order valence-corrected chi connectivity index (χ3v) is 7.86. The van der Waals surface area contributed by atoms with Gasteiger partial charge in [-0.25, -0.2) is 13.2 Å². The van der Waals surface area contributed by atoms with Gasteiger partial charge in [-0.15, -0.1) is 0 Å². The molecule has 1 saturated heterocycles. The maximum absolute atomic E-state index is 13.6. The van der Waals surface area contributed by atoms with Gasteiger partial charge in [0.25, 0.3) is 21.6 Å². The Morgan fingerprint density at radius 1 is 1.00 bits per heavy atom. The fourth-order valence-corrected chi connectivity index (χ4v) is 5.80. The number of carbonyl (C=O) groups is 2. The van der Waals surface area contributed by atoms with Gasteiger partial charge in [-0.3, -0.25) is 19.6 Å². The van der Waals surface area contributed by atoms with Gasteiger partial charge in [0.2, 0.25) is 0 Å². The number of esters is 1. The second-order valence-corrected chi connectivity index (χ2v) is 10.8. The van der Waals surface area contributed by atoms with Crippen molar-refractivity contribution in [2.75, 3.05) is 35.1 Å². The van der Waals surface area contributed by atoms with E-state index in [4.69, 9.17) is 11.6 Å². The molecule has 0 spiro atoms. The van der Waals surface area contributed by atoms with Gasteiger partial charge < -0.3 is 15.0 Å². The highest BCUT2D eigenvalue weighted by Gasteiger charge is 2.26. The van der Waals surface area contributed by atoms with Crippen molar-refractivity contribution in [3.8, 4) is 0 Å². The minimum Gasteiger partial charge on any atom is -0.465 e. The van der Waals surface area contributed by atoms with Gasteiger partial charge in [0.1, 0.15) is 4.90 Å². The predicted octanol–water partition coefficient (Wildman–Crippen LogP) is 5.08. The summed E-state index contributed by atoms with van der Waals surface area (Å²) in [5.74, 6) is -1.63. The quantitative estimate of drug-likeness (QED) is 0.216. The van der Waals surface area contributed by atoms with Crippen molar-refractivity contribution in [3.05, 3.63) is 86.9 Å². The summed E-state index contributed by atoms with van der Waals surface area (Å²) in [5, 5.41) is 14.1. The Hall–Kier alpha value is -4.16. The molecule has 11 nitrogen and oxygen atoms in total. The Bertz CT molecular complexity index is 1540. The summed E-state index contributed by atoms with van der Waals surface area (Å²) in [4.78, 5) is 37.5. The van der Waals surface area contributed by atoms with Crippen LogP contribution >= 0.6 is 11.6 Å². The Labute approximate surface area is 229 Å². The third-order valence-electron chi connectivity index (χ3n) is 6.13. The van der Waals surface area contributed by atoms with Crippen LogP contribution in [-0.2, 0) is 14.8 Å². The lowest BCUT2D eigenvalue weighted by Gasteiger charge is -2.30. The third kappa shape index (κ3) is 6.47. The first-order valence-electron chi connectivity index (χ1n) is 11.9. The number of nitrogens with zero attached hydrogens (tertiary/aromatic N) is 2. The van der Waals surface area contributed by atoms with Crippen LogP contribution in [-0.4, -0.2) is 45.4 Å².